The zero-order valence-corrected chi connectivity index (χ0v) is 10.6. The van der Waals surface area contributed by atoms with E-state index >= 15 is 0 Å². The summed E-state index contributed by atoms with van der Waals surface area (Å²) >= 11 is 0. The highest BCUT2D eigenvalue weighted by Gasteiger charge is 2.09. The van der Waals surface area contributed by atoms with E-state index in [0.717, 1.165) is 28.0 Å². The normalized spacial score (nSPS) is 20.9. The van der Waals surface area contributed by atoms with Gasteiger partial charge < -0.3 is 5.73 Å². The van der Waals surface area contributed by atoms with E-state index in [2.05, 4.69) is 11.3 Å². The minimum absolute atomic E-state index is 0.338. The van der Waals surface area contributed by atoms with Crippen molar-refractivity contribution in [1.82, 2.24) is 0 Å². The van der Waals surface area contributed by atoms with Crippen molar-refractivity contribution < 1.29 is 0 Å². The van der Waals surface area contributed by atoms with Crippen molar-refractivity contribution in [2.75, 3.05) is 5.73 Å². The van der Waals surface area contributed by atoms with Gasteiger partial charge in [0.1, 0.15) is 6.04 Å². The number of anilines is 1. The second-order valence-electron chi connectivity index (χ2n) is 4.52. The van der Waals surface area contributed by atoms with Gasteiger partial charge in [0.25, 0.3) is 0 Å². The largest absolute Gasteiger partial charge is 0.399 e. The molecule has 1 aliphatic carbocycles. The topological polar surface area (TPSA) is 55.5 Å². The summed E-state index contributed by atoms with van der Waals surface area (Å²) in [5.74, 6) is 0. The van der Waals surface area contributed by atoms with Crippen molar-refractivity contribution in [2.24, 2.45) is 5.18 Å². The molecule has 0 aliphatic heterocycles. The van der Waals surface area contributed by atoms with Gasteiger partial charge in [0.05, 0.1) is 0 Å². The minimum Gasteiger partial charge on any atom is -0.399 e. The standard InChI is InChI=1S/C15H16N2O/c1-10-7-14(16)5-3-12(10)9-13-4-6-15(17-18)8-11(13)2/h3-9,15H,16H2,1-2H3/b13-9-. The van der Waals surface area contributed by atoms with Crippen LogP contribution in [-0.4, -0.2) is 6.04 Å². The van der Waals surface area contributed by atoms with Crippen LogP contribution in [0.5, 0.6) is 0 Å². The third-order valence-corrected chi connectivity index (χ3v) is 3.08. The smallest absolute Gasteiger partial charge is 0.129 e. The maximum atomic E-state index is 10.5. The van der Waals surface area contributed by atoms with E-state index in [1.165, 1.54) is 0 Å². The van der Waals surface area contributed by atoms with Gasteiger partial charge in [0.15, 0.2) is 0 Å². The summed E-state index contributed by atoms with van der Waals surface area (Å²) in [5, 5.41) is 3.01. The zero-order chi connectivity index (χ0) is 13.1. The Hall–Kier alpha value is -2.16. The van der Waals surface area contributed by atoms with Gasteiger partial charge in [-0.05, 0) is 60.4 Å². The van der Waals surface area contributed by atoms with Crippen LogP contribution >= 0.6 is 0 Å². The van der Waals surface area contributed by atoms with E-state index in [1.807, 2.05) is 44.2 Å². The number of rotatable bonds is 2. The van der Waals surface area contributed by atoms with Crippen molar-refractivity contribution in [3.8, 4) is 0 Å². The number of benzene rings is 1. The number of hydrogen-bond donors (Lipinski definition) is 1. The Balaban J connectivity index is 2.35. The van der Waals surface area contributed by atoms with Crippen LogP contribution in [0.3, 0.4) is 0 Å². The quantitative estimate of drug-likeness (QED) is 0.634. The molecular weight excluding hydrogens is 224 g/mol. The molecule has 0 fully saturated rings. The van der Waals surface area contributed by atoms with E-state index in [9.17, 15) is 4.91 Å². The SMILES string of the molecule is CC1=CC(N=O)C=C/C1=C/c1ccc(N)cc1C. The van der Waals surface area contributed by atoms with E-state index in [1.54, 1.807) is 6.08 Å². The lowest BCUT2D eigenvalue weighted by Gasteiger charge is -2.11. The fourth-order valence-corrected chi connectivity index (χ4v) is 2.00. The van der Waals surface area contributed by atoms with E-state index in [4.69, 9.17) is 5.73 Å². The van der Waals surface area contributed by atoms with Crippen LogP contribution < -0.4 is 5.73 Å². The molecule has 0 bridgehead atoms. The summed E-state index contributed by atoms with van der Waals surface area (Å²) in [5.41, 5.74) is 10.9. The Morgan fingerprint density at radius 3 is 2.72 bits per heavy atom. The van der Waals surface area contributed by atoms with Crippen LogP contribution in [0, 0.1) is 11.8 Å². The average Bonchev–Trinajstić information content (AvgIpc) is 2.34. The average molecular weight is 240 g/mol. The lowest BCUT2D eigenvalue weighted by molar-refractivity contribution is 0.986. The number of nitrogen functional groups attached to an aromatic ring is 1. The molecule has 0 radical (unpaired) electrons. The molecule has 0 amide bonds. The van der Waals surface area contributed by atoms with Crippen LogP contribution in [0.1, 0.15) is 18.1 Å². The second-order valence-corrected chi connectivity index (χ2v) is 4.52. The van der Waals surface area contributed by atoms with Gasteiger partial charge in [0, 0.05) is 5.69 Å². The molecule has 0 spiro atoms. The highest BCUT2D eigenvalue weighted by molar-refractivity contribution is 5.67. The van der Waals surface area contributed by atoms with Crippen LogP contribution in [0.4, 0.5) is 5.69 Å². The van der Waals surface area contributed by atoms with Gasteiger partial charge in [-0.25, -0.2) is 0 Å². The third kappa shape index (κ3) is 2.56. The number of hydrogen-bond acceptors (Lipinski definition) is 3. The first-order valence-electron chi connectivity index (χ1n) is 5.87. The molecular formula is C15H16N2O. The fraction of sp³-hybridized carbons (Fsp3) is 0.200. The Labute approximate surface area is 107 Å². The van der Waals surface area contributed by atoms with Gasteiger partial charge in [-0.3, -0.25) is 0 Å². The maximum absolute atomic E-state index is 10.5. The van der Waals surface area contributed by atoms with Crippen molar-refractivity contribution in [3.05, 3.63) is 63.6 Å². The molecule has 3 heteroatoms. The van der Waals surface area contributed by atoms with Gasteiger partial charge in [-0.15, -0.1) is 4.91 Å². The Bertz CT molecular complexity index is 568. The molecule has 3 nitrogen and oxygen atoms in total. The molecule has 0 heterocycles. The molecule has 1 atom stereocenters. The number of aryl methyl sites for hydroxylation is 1. The van der Waals surface area contributed by atoms with Gasteiger partial charge >= 0.3 is 0 Å². The summed E-state index contributed by atoms with van der Waals surface area (Å²) in [6, 6.07) is 5.51. The van der Waals surface area contributed by atoms with Crippen molar-refractivity contribution in [3.63, 3.8) is 0 Å². The predicted octanol–water partition coefficient (Wildman–Crippen LogP) is 3.61. The number of nitrogens with two attached hydrogens (primary N) is 1. The molecule has 92 valence electrons. The second kappa shape index (κ2) is 5.00. The highest BCUT2D eigenvalue weighted by atomic mass is 16.3. The third-order valence-electron chi connectivity index (χ3n) is 3.08. The summed E-state index contributed by atoms with van der Waals surface area (Å²) in [6.45, 7) is 4.02. The molecule has 2 rings (SSSR count). The van der Waals surface area contributed by atoms with Crippen LogP contribution in [0.2, 0.25) is 0 Å². The molecule has 1 unspecified atom stereocenters. The molecule has 0 saturated heterocycles. The van der Waals surface area contributed by atoms with Crippen molar-refractivity contribution in [1.29, 1.82) is 0 Å². The molecule has 1 aromatic carbocycles. The van der Waals surface area contributed by atoms with Crippen LogP contribution in [-0.2, 0) is 0 Å². The van der Waals surface area contributed by atoms with E-state index in [-0.39, 0.29) is 6.04 Å². The molecule has 1 aromatic rings. The summed E-state index contributed by atoms with van der Waals surface area (Å²) in [4.78, 5) is 10.5. The van der Waals surface area contributed by atoms with Crippen LogP contribution in [0.15, 0.2) is 52.8 Å². The van der Waals surface area contributed by atoms with Gasteiger partial charge in [-0.2, -0.15) is 0 Å². The number of nitroso groups, excluding NO2 is 1. The number of allylic oxidation sites excluding steroid dienone is 3. The lowest BCUT2D eigenvalue weighted by atomic mass is 9.95. The van der Waals surface area contributed by atoms with Gasteiger partial charge in [0.2, 0.25) is 0 Å². The van der Waals surface area contributed by atoms with Gasteiger partial charge in [-0.1, -0.05) is 23.4 Å². The molecule has 2 N–H and O–H groups in total. The number of nitrogens with zero attached hydrogens (tertiary/aromatic N) is 1. The molecule has 0 saturated carbocycles. The summed E-state index contributed by atoms with van der Waals surface area (Å²) < 4.78 is 0. The van der Waals surface area contributed by atoms with E-state index < -0.39 is 0 Å². The summed E-state index contributed by atoms with van der Waals surface area (Å²) in [7, 11) is 0. The first-order valence-corrected chi connectivity index (χ1v) is 5.87. The molecule has 1 aliphatic rings. The Kier molecular flexibility index (Phi) is 3.42. The predicted molar refractivity (Wildman–Crippen MR) is 76.0 cm³/mol. The Morgan fingerprint density at radius 2 is 2.11 bits per heavy atom. The first-order chi connectivity index (χ1) is 8.60. The lowest BCUT2D eigenvalue weighted by Crippen LogP contribution is -2.01. The zero-order valence-electron chi connectivity index (χ0n) is 10.6. The monoisotopic (exact) mass is 240 g/mol. The molecule has 0 aromatic heterocycles. The summed E-state index contributed by atoms with van der Waals surface area (Å²) in [6.07, 6.45) is 7.71. The fourth-order valence-electron chi connectivity index (χ4n) is 2.00. The highest BCUT2D eigenvalue weighted by Crippen LogP contribution is 2.23. The van der Waals surface area contributed by atoms with E-state index in [0.29, 0.717) is 0 Å². The van der Waals surface area contributed by atoms with Crippen molar-refractivity contribution in [2.45, 2.75) is 19.9 Å². The Morgan fingerprint density at radius 1 is 1.33 bits per heavy atom. The van der Waals surface area contributed by atoms with Crippen LogP contribution in [0.25, 0.3) is 6.08 Å². The molecule has 18 heavy (non-hydrogen) atoms. The minimum atomic E-state index is -0.338. The maximum Gasteiger partial charge on any atom is 0.129 e. The van der Waals surface area contributed by atoms with Crippen molar-refractivity contribution >= 4 is 11.8 Å². The first kappa shape index (κ1) is 12.3.